The molecule has 0 saturated heterocycles. The van der Waals surface area contributed by atoms with E-state index in [0.29, 0.717) is 5.88 Å². The Morgan fingerprint density at radius 1 is 1.80 bits per heavy atom. The van der Waals surface area contributed by atoms with E-state index in [2.05, 4.69) is 11.9 Å². The van der Waals surface area contributed by atoms with Crippen molar-refractivity contribution in [1.29, 1.82) is 0 Å². The summed E-state index contributed by atoms with van der Waals surface area (Å²) in [5, 5.41) is 3.01. The summed E-state index contributed by atoms with van der Waals surface area (Å²) >= 11 is 1.62. The lowest BCUT2D eigenvalue weighted by molar-refractivity contribution is 0.399. The van der Waals surface area contributed by atoms with Crippen molar-refractivity contribution in [3.8, 4) is 5.88 Å². The van der Waals surface area contributed by atoms with Crippen LogP contribution in [0.3, 0.4) is 0 Å². The normalized spacial score (nSPS) is 9.80. The SMILES string of the molecule is [CH2]CCc1nc(OC)cs1. The molecule has 0 aliphatic heterocycles. The predicted molar refractivity (Wildman–Crippen MR) is 42.3 cm³/mol. The zero-order chi connectivity index (χ0) is 7.40. The number of aromatic nitrogens is 1. The van der Waals surface area contributed by atoms with E-state index in [1.54, 1.807) is 18.4 Å². The number of ether oxygens (including phenoxy) is 1. The first-order chi connectivity index (χ1) is 4.86. The second kappa shape index (κ2) is 3.56. The fourth-order valence-corrected chi connectivity index (χ4v) is 1.44. The van der Waals surface area contributed by atoms with Crippen LogP contribution in [0, 0.1) is 6.92 Å². The van der Waals surface area contributed by atoms with Gasteiger partial charge in [-0.25, -0.2) is 4.98 Å². The lowest BCUT2D eigenvalue weighted by Gasteiger charge is -1.89. The molecule has 0 spiro atoms. The molecule has 0 aliphatic carbocycles. The zero-order valence-electron chi connectivity index (χ0n) is 5.96. The molecule has 0 aliphatic rings. The van der Waals surface area contributed by atoms with E-state index >= 15 is 0 Å². The Labute approximate surface area is 64.9 Å². The Balaban J connectivity index is 2.59. The molecular formula is C7H10NOS. The van der Waals surface area contributed by atoms with Crippen molar-refractivity contribution >= 4 is 11.3 Å². The highest BCUT2D eigenvalue weighted by molar-refractivity contribution is 7.09. The molecule has 1 radical (unpaired) electrons. The highest BCUT2D eigenvalue weighted by atomic mass is 32.1. The summed E-state index contributed by atoms with van der Waals surface area (Å²) in [6, 6.07) is 0. The van der Waals surface area contributed by atoms with E-state index in [4.69, 9.17) is 4.74 Å². The maximum Gasteiger partial charge on any atom is 0.224 e. The van der Waals surface area contributed by atoms with Gasteiger partial charge in [0.05, 0.1) is 17.5 Å². The van der Waals surface area contributed by atoms with Crippen molar-refractivity contribution in [1.82, 2.24) is 4.98 Å². The highest BCUT2D eigenvalue weighted by Gasteiger charge is 1.98. The van der Waals surface area contributed by atoms with Crippen LogP contribution in [0.25, 0.3) is 0 Å². The topological polar surface area (TPSA) is 22.1 Å². The van der Waals surface area contributed by atoms with Gasteiger partial charge in [-0.1, -0.05) is 6.92 Å². The van der Waals surface area contributed by atoms with E-state index in [1.165, 1.54) is 0 Å². The van der Waals surface area contributed by atoms with Crippen LogP contribution in [0.15, 0.2) is 5.38 Å². The van der Waals surface area contributed by atoms with Gasteiger partial charge in [-0.15, -0.1) is 11.3 Å². The summed E-state index contributed by atoms with van der Waals surface area (Å²) in [5.74, 6) is 0.716. The number of nitrogens with zero attached hydrogens (tertiary/aromatic N) is 1. The molecule has 1 rings (SSSR count). The van der Waals surface area contributed by atoms with Gasteiger partial charge in [-0.2, -0.15) is 0 Å². The van der Waals surface area contributed by atoms with Crippen LogP contribution in [0.1, 0.15) is 11.4 Å². The Hall–Kier alpha value is -0.570. The van der Waals surface area contributed by atoms with Crippen molar-refractivity contribution in [2.75, 3.05) is 7.11 Å². The van der Waals surface area contributed by atoms with Crippen LogP contribution in [0.5, 0.6) is 5.88 Å². The minimum atomic E-state index is 0.716. The molecule has 0 N–H and O–H groups in total. The van der Waals surface area contributed by atoms with Gasteiger partial charge in [0.25, 0.3) is 0 Å². The third-order valence-electron chi connectivity index (χ3n) is 1.13. The molecule has 2 nitrogen and oxygen atoms in total. The van der Waals surface area contributed by atoms with Crippen molar-refractivity contribution in [2.45, 2.75) is 12.8 Å². The first kappa shape index (κ1) is 7.54. The molecule has 0 fully saturated rings. The number of aryl methyl sites for hydroxylation is 1. The molecule has 55 valence electrons. The largest absolute Gasteiger partial charge is 0.480 e. The standard InChI is InChI=1S/C7H10NOS/c1-3-4-7-8-6(9-2)5-10-7/h5H,1,3-4H2,2H3. The van der Waals surface area contributed by atoms with E-state index in [9.17, 15) is 0 Å². The Bertz CT molecular complexity index is 197. The van der Waals surface area contributed by atoms with Crippen molar-refractivity contribution in [3.63, 3.8) is 0 Å². The van der Waals surface area contributed by atoms with Crippen molar-refractivity contribution < 1.29 is 4.74 Å². The molecule has 0 amide bonds. The number of thiazole rings is 1. The van der Waals surface area contributed by atoms with Gasteiger partial charge in [0.2, 0.25) is 5.88 Å². The van der Waals surface area contributed by atoms with E-state index in [0.717, 1.165) is 17.8 Å². The Kier molecular flexibility index (Phi) is 2.68. The van der Waals surface area contributed by atoms with E-state index < -0.39 is 0 Å². The lowest BCUT2D eigenvalue weighted by atomic mass is 10.4. The maximum absolute atomic E-state index is 4.92. The minimum absolute atomic E-state index is 0.716. The number of methoxy groups -OCH3 is 1. The molecule has 0 saturated carbocycles. The number of rotatable bonds is 3. The molecule has 1 aromatic heterocycles. The fourth-order valence-electron chi connectivity index (χ4n) is 0.654. The molecule has 1 heterocycles. The van der Waals surface area contributed by atoms with Crippen LogP contribution in [-0.2, 0) is 6.42 Å². The third kappa shape index (κ3) is 1.70. The van der Waals surface area contributed by atoms with Gasteiger partial charge in [-0.05, 0) is 12.8 Å². The Morgan fingerprint density at radius 2 is 2.60 bits per heavy atom. The summed E-state index contributed by atoms with van der Waals surface area (Å²) in [6.07, 6.45) is 1.85. The average molecular weight is 156 g/mol. The summed E-state index contributed by atoms with van der Waals surface area (Å²) in [5.41, 5.74) is 0. The van der Waals surface area contributed by atoms with Crippen LogP contribution in [0.4, 0.5) is 0 Å². The summed E-state index contributed by atoms with van der Waals surface area (Å²) < 4.78 is 4.92. The van der Waals surface area contributed by atoms with Gasteiger partial charge in [0, 0.05) is 0 Å². The average Bonchev–Trinajstić information content (AvgIpc) is 2.37. The first-order valence-electron chi connectivity index (χ1n) is 3.14. The van der Waals surface area contributed by atoms with Gasteiger partial charge >= 0.3 is 0 Å². The Morgan fingerprint density at radius 3 is 3.10 bits per heavy atom. The summed E-state index contributed by atoms with van der Waals surface area (Å²) in [7, 11) is 1.63. The molecule has 10 heavy (non-hydrogen) atoms. The first-order valence-corrected chi connectivity index (χ1v) is 4.02. The van der Waals surface area contributed by atoms with E-state index in [-0.39, 0.29) is 0 Å². The van der Waals surface area contributed by atoms with Gasteiger partial charge in [-0.3, -0.25) is 0 Å². The minimum Gasteiger partial charge on any atom is -0.480 e. The molecule has 0 aromatic carbocycles. The second-order valence-electron chi connectivity index (χ2n) is 1.89. The van der Waals surface area contributed by atoms with Crippen LogP contribution >= 0.6 is 11.3 Å². The summed E-state index contributed by atoms with van der Waals surface area (Å²) in [4.78, 5) is 4.17. The zero-order valence-corrected chi connectivity index (χ0v) is 6.78. The third-order valence-corrected chi connectivity index (χ3v) is 2.02. The van der Waals surface area contributed by atoms with Gasteiger partial charge < -0.3 is 4.74 Å². The highest BCUT2D eigenvalue weighted by Crippen LogP contribution is 2.16. The van der Waals surface area contributed by atoms with E-state index in [1.807, 2.05) is 5.38 Å². The molecular weight excluding hydrogens is 146 g/mol. The number of hydrogen-bond acceptors (Lipinski definition) is 3. The molecule has 0 bridgehead atoms. The van der Waals surface area contributed by atoms with Crippen LogP contribution < -0.4 is 4.74 Å². The lowest BCUT2D eigenvalue weighted by Crippen LogP contribution is -1.84. The van der Waals surface area contributed by atoms with Gasteiger partial charge in [0.15, 0.2) is 0 Å². The summed E-state index contributed by atoms with van der Waals surface area (Å²) in [6.45, 7) is 3.74. The monoisotopic (exact) mass is 156 g/mol. The second-order valence-corrected chi connectivity index (χ2v) is 2.83. The van der Waals surface area contributed by atoms with Crippen molar-refractivity contribution in [2.24, 2.45) is 0 Å². The predicted octanol–water partition coefficient (Wildman–Crippen LogP) is 1.92. The molecule has 0 unspecified atom stereocenters. The molecule has 3 heteroatoms. The van der Waals surface area contributed by atoms with Gasteiger partial charge in [0.1, 0.15) is 0 Å². The van der Waals surface area contributed by atoms with Crippen molar-refractivity contribution in [3.05, 3.63) is 17.3 Å². The van der Waals surface area contributed by atoms with Crippen LogP contribution in [0.2, 0.25) is 0 Å². The molecule has 1 aromatic rings. The maximum atomic E-state index is 4.92. The molecule has 0 atom stereocenters. The fraction of sp³-hybridized carbons (Fsp3) is 0.429. The quantitative estimate of drug-likeness (QED) is 0.667. The smallest absolute Gasteiger partial charge is 0.224 e. The van der Waals surface area contributed by atoms with Crippen LogP contribution in [-0.4, -0.2) is 12.1 Å². The number of hydrogen-bond donors (Lipinski definition) is 0.